The molecular formula is C20H18N4O3S. The number of hydrogen-bond acceptors (Lipinski definition) is 5. The van der Waals surface area contributed by atoms with Crippen LogP contribution in [-0.2, 0) is 20.0 Å². The van der Waals surface area contributed by atoms with E-state index in [0.717, 1.165) is 16.8 Å². The Balaban J connectivity index is 1.62. The second-order valence-corrected chi connectivity index (χ2v) is 7.53. The standard InChI is InChI=1S/C20H18N4O3S/c1-23-9-13-10-24(8-7-14(13)16(17(21)25)19(23)26)20(27)18-22-15(11-28-18)12-5-3-2-4-6-12/h2-6,9,11H,7-8,10H2,1H3,(H2,21,25). The maximum atomic E-state index is 12.9. The van der Waals surface area contributed by atoms with Gasteiger partial charge in [-0.15, -0.1) is 11.3 Å². The average Bonchev–Trinajstić information content (AvgIpc) is 3.18. The molecule has 4 rings (SSSR count). The van der Waals surface area contributed by atoms with Crippen molar-refractivity contribution < 1.29 is 9.59 Å². The van der Waals surface area contributed by atoms with Crippen LogP contribution in [0.5, 0.6) is 0 Å². The maximum absolute atomic E-state index is 12.9. The summed E-state index contributed by atoms with van der Waals surface area (Å²) < 4.78 is 1.34. The number of carbonyl (C=O) groups is 2. The highest BCUT2D eigenvalue weighted by Crippen LogP contribution is 2.25. The average molecular weight is 394 g/mol. The van der Waals surface area contributed by atoms with Crippen LogP contribution >= 0.6 is 11.3 Å². The second-order valence-electron chi connectivity index (χ2n) is 6.67. The normalized spacial score (nSPS) is 13.2. The zero-order valence-corrected chi connectivity index (χ0v) is 16.0. The molecule has 142 valence electrons. The van der Waals surface area contributed by atoms with Gasteiger partial charge < -0.3 is 15.2 Å². The highest BCUT2D eigenvalue weighted by Gasteiger charge is 2.28. The first-order chi connectivity index (χ1) is 13.5. The lowest BCUT2D eigenvalue weighted by molar-refractivity contribution is 0.0733. The lowest BCUT2D eigenvalue weighted by atomic mass is 9.96. The molecule has 8 heteroatoms. The van der Waals surface area contributed by atoms with Crippen LogP contribution in [0.25, 0.3) is 11.3 Å². The molecule has 0 atom stereocenters. The predicted molar refractivity (Wildman–Crippen MR) is 106 cm³/mol. The molecule has 0 spiro atoms. The van der Waals surface area contributed by atoms with E-state index < -0.39 is 11.5 Å². The quantitative estimate of drug-likeness (QED) is 0.732. The molecule has 28 heavy (non-hydrogen) atoms. The van der Waals surface area contributed by atoms with Crippen LogP contribution in [0.2, 0.25) is 0 Å². The molecule has 0 fully saturated rings. The maximum Gasteiger partial charge on any atom is 0.283 e. The van der Waals surface area contributed by atoms with Crippen molar-refractivity contribution in [3.63, 3.8) is 0 Å². The van der Waals surface area contributed by atoms with Gasteiger partial charge in [0.05, 0.1) is 5.69 Å². The first kappa shape index (κ1) is 18.1. The van der Waals surface area contributed by atoms with Gasteiger partial charge in [0, 0.05) is 37.3 Å². The number of nitrogens with zero attached hydrogens (tertiary/aromatic N) is 3. The topological polar surface area (TPSA) is 98.3 Å². The number of benzene rings is 1. The first-order valence-corrected chi connectivity index (χ1v) is 9.65. The van der Waals surface area contributed by atoms with E-state index in [1.807, 2.05) is 35.7 Å². The molecule has 2 aromatic heterocycles. The van der Waals surface area contributed by atoms with Crippen molar-refractivity contribution in [2.45, 2.75) is 13.0 Å². The lowest BCUT2D eigenvalue weighted by Crippen LogP contribution is -2.40. The minimum Gasteiger partial charge on any atom is -0.365 e. The summed E-state index contributed by atoms with van der Waals surface area (Å²) in [4.78, 5) is 43.1. The van der Waals surface area contributed by atoms with Gasteiger partial charge in [0.15, 0.2) is 5.01 Å². The number of pyridine rings is 1. The molecule has 1 aliphatic heterocycles. The first-order valence-electron chi connectivity index (χ1n) is 8.77. The van der Waals surface area contributed by atoms with Gasteiger partial charge in [-0.2, -0.15) is 0 Å². The number of nitrogens with two attached hydrogens (primary N) is 1. The van der Waals surface area contributed by atoms with Crippen LogP contribution in [0.4, 0.5) is 0 Å². The zero-order valence-electron chi connectivity index (χ0n) is 15.2. The molecule has 3 aromatic rings. The molecule has 7 nitrogen and oxygen atoms in total. The molecule has 0 saturated heterocycles. The van der Waals surface area contributed by atoms with E-state index in [2.05, 4.69) is 4.98 Å². The summed E-state index contributed by atoms with van der Waals surface area (Å²) >= 11 is 1.31. The Labute approximate surface area is 165 Å². The van der Waals surface area contributed by atoms with Gasteiger partial charge in [0.1, 0.15) is 5.56 Å². The van der Waals surface area contributed by atoms with Crippen LogP contribution in [-0.4, -0.2) is 32.8 Å². The molecule has 2 amide bonds. The Morgan fingerprint density at radius 3 is 2.68 bits per heavy atom. The number of carbonyl (C=O) groups excluding carboxylic acids is 2. The van der Waals surface area contributed by atoms with Crippen molar-refractivity contribution in [3.8, 4) is 11.3 Å². The summed E-state index contributed by atoms with van der Waals surface area (Å²) in [6, 6.07) is 9.69. The van der Waals surface area contributed by atoms with E-state index in [9.17, 15) is 14.4 Å². The molecule has 1 aliphatic rings. The van der Waals surface area contributed by atoms with Crippen molar-refractivity contribution in [3.05, 3.63) is 74.0 Å². The third-order valence-corrected chi connectivity index (χ3v) is 5.69. The molecule has 2 N–H and O–H groups in total. The van der Waals surface area contributed by atoms with Crippen molar-refractivity contribution >= 4 is 23.2 Å². The largest absolute Gasteiger partial charge is 0.365 e. The third-order valence-electron chi connectivity index (χ3n) is 4.86. The fraction of sp³-hybridized carbons (Fsp3) is 0.200. The Hall–Kier alpha value is -3.26. The minimum atomic E-state index is -0.732. The van der Waals surface area contributed by atoms with Gasteiger partial charge in [-0.3, -0.25) is 14.4 Å². The minimum absolute atomic E-state index is 0.0210. The highest BCUT2D eigenvalue weighted by molar-refractivity contribution is 7.12. The van der Waals surface area contributed by atoms with Crippen LogP contribution in [0.15, 0.2) is 46.7 Å². The fourth-order valence-corrected chi connectivity index (χ4v) is 4.26. The van der Waals surface area contributed by atoms with E-state index in [1.165, 1.54) is 15.9 Å². The van der Waals surface area contributed by atoms with Gasteiger partial charge in [-0.05, 0) is 17.5 Å². The lowest BCUT2D eigenvalue weighted by Gasteiger charge is -2.29. The Bertz CT molecular complexity index is 1130. The number of amides is 2. The molecular weight excluding hydrogens is 376 g/mol. The summed E-state index contributed by atoms with van der Waals surface area (Å²) in [7, 11) is 1.57. The van der Waals surface area contributed by atoms with Crippen molar-refractivity contribution in [2.24, 2.45) is 12.8 Å². The zero-order chi connectivity index (χ0) is 19.8. The van der Waals surface area contributed by atoms with E-state index >= 15 is 0 Å². The van der Waals surface area contributed by atoms with Crippen LogP contribution in [0.3, 0.4) is 0 Å². The molecule has 0 bridgehead atoms. The van der Waals surface area contributed by atoms with Crippen molar-refractivity contribution in [2.75, 3.05) is 6.54 Å². The number of rotatable bonds is 3. The van der Waals surface area contributed by atoms with Gasteiger partial charge in [-0.25, -0.2) is 4.98 Å². The van der Waals surface area contributed by atoms with Gasteiger partial charge >= 0.3 is 0 Å². The summed E-state index contributed by atoms with van der Waals surface area (Å²) in [5.74, 6) is -0.892. The third kappa shape index (κ3) is 3.11. The summed E-state index contributed by atoms with van der Waals surface area (Å²) in [5.41, 5.74) is 8.16. The smallest absolute Gasteiger partial charge is 0.283 e. The number of thiazole rings is 1. The van der Waals surface area contributed by atoms with Crippen LogP contribution in [0, 0.1) is 0 Å². The summed E-state index contributed by atoms with van der Waals surface area (Å²) in [6.07, 6.45) is 2.08. The number of primary amides is 1. The number of aryl methyl sites for hydroxylation is 1. The molecule has 0 unspecified atom stereocenters. The summed E-state index contributed by atoms with van der Waals surface area (Å²) in [5, 5.41) is 2.29. The number of fused-ring (bicyclic) bond motifs is 1. The van der Waals surface area contributed by atoms with E-state index in [-0.39, 0.29) is 11.5 Å². The van der Waals surface area contributed by atoms with Crippen LogP contribution in [0.1, 0.15) is 31.3 Å². The highest BCUT2D eigenvalue weighted by atomic mass is 32.1. The van der Waals surface area contributed by atoms with E-state index in [4.69, 9.17) is 5.73 Å². The second kappa shape index (κ2) is 7.05. The Morgan fingerprint density at radius 2 is 1.96 bits per heavy atom. The number of hydrogen-bond donors (Lipinski definition) is 1. The van der Waals surface area contributed by atoms with Crippen molar-refractivity contribution in [1.82, 2.24) is 14.5 Å². The van der Waals surface area contributed by atoms with Gasteiger partial charge in [0.25, 0.3) is 17.4 Å². The van der Waals surface area contributed by atoms with Gasteiger partial charge in [0.2, 0.25) is 0 Å². The van der Waals surface area contributed by atoms with E-state index in [0.29, 0.717) is 30.1 Å². The molecule has 3 heterocycles. The molecule has 0 radical (unpaired) electrons. The molecule has 1 aromatic carbocycles. The van der Waals surface area contributed by atoms with Crippen LogP contribution < -0.4 is 11.3 Å². The van der Waals surface area contributed by atoms with E-state index in [1.54, 1.807) is 18.1 Å². The fourth-order valence-electron chi connectivity index (χ4n) is 3.47. The van der Waals surface area contributed by atoms with Gasteiger partial charge in [-0.1, -0.05) is 30.3 Å². The Morgan fingerprint density at radius 1 is 1.21 bits per heavy atom. The predicted octanol–water partition coefficient (Wildman–Crippen LogP) is 1.81. The molecule has 0 aliphatic carbocycles. The Kier molecular flexibility index (Phi) is 4.56. The van der Waals surface area contributed by atoms with Crippen molar-refractivity contribution in [1.29, 1.82) is 0 Å². The monoisotopic (exact) mass is 394 g/mol. The SMILES string of the molecule is Cn1cc2c(c(C(N)=O)c1=O)CCN(C(=O)c1nc(-c3ccccc3)cs1)C2. The molecule has 0 saturated carbocycles. The number of aromatic nitrogens is 2. The summed E-state index contributed by atoms with van der Waals surface area (Å²) in [6.45, 7) is 0.711.